The van der Waals surface area contributed by atoms with E-state index in [1.807, 2.05) is 0 Å². The number of halogens is 1. The normalized spacial score (nSPS) is 14.4. The summed E-state index contributed by atoms with van der Waals surface area (Å²) in [5.74, 6) is 0. The van der Waals surface area contributed by atoms with Crippen molar-refractivity contribution in [1.82, 2.24) is 0 Å². The topological polar surface area (TPSA) is 0 Å². The molecule has 1 heteroatoms. The van der Waals surface area contributed by atoms with E-state index in [1.54, 1.807) is 0 Å². The number of aryl methyl sites for hydroxylation is 1. The van der Waals surface area contributed by atoms with Gasteiger partial charge in [-0.25, -0.2) is 0 Å². The molecule has 0 amide bonds. The monoisotopic (exact) mass is 362 g/mol. The Morgan fingerprint density at radius 3 is 1.96 bits per heavy atom. The summed E-state index contributed by atoms with van der Waals surface area (Å²) in [4.78, 5) is 0. The summed E-state index contributed by atoms with van der Waals surface area (Å²) in [5.41, 5.74) is 9.47. The van der Waals surface area contributed by atoms with E-state index >= 15 is 0 Å². The molecule has 0 fully saturated rings. The lowest BCUT2D eigenvalue weighted by Crippen LogP contribution is -2.15. The Kier molecular flexibility index (Phi) is 3.24. The summed E-state index contributed by atoms with van der Waals surface area (Å²) in [6.45, 7) is 6.77. The second kappa shape index (κ2) is 5.07. The van der Waals surface area contributed by atoms with Crippen molar-refractivity contribution in [2.75, 3.05) is 0 Å². The van der Waals surface area contributed by atoms with E-state index in [2.05, 4.69) is 97.4 Å². The predicted molar refractivity (Wildman–Crippen MR) is 102 cm³/mol. The quantitative estimate of drug-likeness (QED) is 0.450. The Morgan fingerprint density at radius 2 is 1.26 bits per heavy atom. The fourth-order valence-corrected chi connectivity index (χ4v) is 4.00. The molecular formula is C22H19Br. The number of rotatable bonds is 1. The first-order valence-electron chi connectivity index (χ1n) is 7.99. The highest BCUT2D eigenvalue weighted by atomic mass is 79.9. The molecule has 0 nitrogen and oxygen atoms in total. The Morgan fingerprint density at radius 1 is 0.696 bits per heavy atom. The summed E-state index contributed by atoms with van der Waals surface area (Å²) in [7, 11) is 0. The van der Waals surface area contributed by atoms with Gasteiger partial charge < -0.3 is 0 Å². The zero-order valence-electron chi connectivity index (χ0n) is 13.7. The maximum absolute atomic E-state index is 3.62. The SMILES string of the molecule is Cc1ccc(-c2ccc3c(c2)C(C)(C)c2cc(Br)ccc2-3)cc1. The zero-order chi connectivity index (χ0) is 16.2. The molecule has 0 saturated carbocycles. The van der Waals surface area contributed by atoms with Crippen molar-refractivity contribution in [3.8, 4) is 22.3 Å². The van der Waals surface area contributed by atoms with Gasteiger partial charge >= 0.3 is 0 Å². The molecule has 3 aromatic carbocycles. The number of hydrogen-bond acceptors (Lipinski definition) is 0. The smallest absolute Gasteiger partial charge is 0.0178 e. The van der Waals surface area contributed by atoms with E-state index in [-0.39, 0.29) is 5.41 Å². The first-order chi connectivity index (χ1) is 11.0. The van der Waals surface area contributed by atoms with Crippen LogP contribution in [0.4, 0.5) is 0 Å². The van der Waals surface area contributed by atoms with E-state index in [0.29, 0.717) is 0 Å². The molecule has 4 rings (SSSR count). The van der Waals surface area contributed by atoms with Gasteiger partial charge in [0, 0.05) is 9.89 Å². The molecule has 0 bridgehead atoms. The second-order valence-electron chi connectivity index (χ2n) is 6.94. The standard InChI is InChI=1S/C22H19Br/c1-14-4-6-15(7-5-14)16-8-10-18-19-11-9-17(23)13-21(19)22(2,3)20(18)12-16/h4-13H,1-3H3. The van der Waals surface area contributed by atoms with E-state index < -0.39 is 0 Å². The van der Waals surface area contributed by atoms with Gasteiger partial charge in [-0.15, -0.1) is 0 Å². The molecule has 0 unspecified atom stereocenters. The molecule has 23 heavy (non-hydrogen) atoms. The fourth-order valence-electron chi connectivity index (χ4n) is 3.64. The maximum Gasteiger partial charge on any atom is 0.0178 e. The molecule has 0 heterocycles. The van der Waals surface area contributed by atoms with Crippen molar-refractivity contribution in [3.05, 3.63) is 81.8 Å². The lowest BCUT2D eigenvalue weighted by Gasteiger charge is -2.22. The summed E-state index contributed by atoms with van der Waals surface area (Å²) in [5, 5.41) is 0. The molecule has 114 valence electrons. The number of hydrogen-bond donors (Lipinski definition) is 0. The van der Waals surface area contributed by atoms with E-state index in [9.17, 15) is 0 Å². The van der Waals surface area contributed by atoms with E-state index in [4.69, 9.17) is 0 Å². The Hall–Kier alpha value is -1.86. The molecular weight excluding hydrogens is 344 g/mol. The predicted octanol–water partition coefficient (Wildman–Crippen LogP) is 6.73. The summed E-state index contributed by atoms with van der Waals surface area (Å²) in [6, 6.07) is 22.3. The highest BCUT2D eigenvalue weighted by Crippen LogP contribution is 2.50. The largest absolute Gasteiger partial charge is 0.0587 e. The van der Waals surface area contributed by atoms with Crippen LogP contribution in [0.1, 0.15) is 30.5 Å². The van der Waals surface area contributed by atoms with Crippen molar-refractivity contribution in [2.24, 2.45) is 0 Å². The van der Waals surface area contributed by atoms with Crippen molar-refractivity contribution >= 4 is 15.9 Å². The van der Waals surface area contributed by atoms with Gasteiger partial charge in [-0.1, -0.05) is 77.8 Å². The summed E-state index contributed by atoms with van der Waals surface area (Å²) < 4.78 is 1.15. The zero-order valence-corrected chi connectivity index (χ0v) is 15.2. The van der Waals surface area contributed by atoms with Gasteiger partial charge in [0.2, 0.25) is 0 Å². The average molecular weight is 363 g/mol. The van der Waals surface area contributed by atoms with Gasteiger partial charge in [-0.2, -0.15) is 0 Å². The molecule has 3 aromatic rings. The lowest BCUT2D eigenvalue weighted by molar-refractivity contribution is 0.660. The van der Waals surface area contributed by atoms with Gasteiger partial charge in [0.1, 0.15) is 0 Å². The molecule has 1 aliphatic rings. The third-order valence-electron chi connectivity index (χ3n) is 5.02. The molecule has 0 atom stereocenters. The third kappa shape index (κ3) is 2.26. The van der Waals surface area contributed by atoms with Crippen LogP contribution in [-0.4, -0.2) is 0 Å². The average Bonchev–Trinajstić information content (AvgIpc) is 2.76. The Balaban J connectivity index is 1.90. The van der Waals surface area contributed by atoms with Crippen LogP contribution in [0.2, 0.25) is 0 Å². The van der Waals surface area contributed by atoms with Gasteiger partial charge in [-0.3, -0.25) is 0 Å². The minimum Gasteiger partial charge on any atom is -0.0587 e. The molecule has 0 saturated heterocycles. The van der Waals surface area contributed by atoms with Gasteiger partial charge in [0.15, 0.2) is 0 Å². The molecule has 0 radical (unpaired) electrons. The van der Waals surface area contributed by atoms with Gasteiger partial charge in [0.25, 0.3) is 0 Å². The highest BCUT2D eigenvalue weighted by Gasteiger charge is 2.35. The Bertz CT molecular complexity index is 902. The van der Waals surface area contributed by atoms with Crippen LogP contribution in [0.3, 0.4) is 0 Å². The van der Waals surface area contributed by atoms with Crippen molar-refractivity contribution < 1.29 is 0 Å². The van der Waals surface area contributed by atoms with Crippen molar-refractivity contribution in [2.45, 2.75) is 26.2 Å². The highest BCUT2D eigenvalue weighted by molar-refractivity contribution is 9.10. The van der Waals surface area contributed by atoms with Crippen LogP contribution in [0.5, 0.6) is 0 Å². The number of benzene rings is 3. The van der Waals surface area contributed by atoms with Crippen molar-refractivity contribution in [1.29, 1.82) is 0 Å². The van der Waals surface area contributed by atoms with Crippen LogP contribution < -0.4 is 0 Å². The van der Waals surface area contributed by atoms with Crippen LogP contribution in [0, 0.1) is 6.92 Å². The van der Waals surface area contributed by atoms with Crippen LogP contribution in [0.25, 0.3) is 22.3 Å². The first kappa shape index (κ1) is 14.7. The maximum atomic E-state index is 3.62. The molecule has 0 N–H and O–H groups in total. The molecule has 0 aliphatic heterocycles. The fraction of sp³-hybridized carbons (Fsp3) is 0.182. The van der Waals surface area contributed by atoms with Crippen LogP contribution in [-0.2, 0) is 5.41 Å². The summed E-state index contributed by atoms with van der Waals surface area (Å²) >= 11 is 3.62. The van der Waals surface area contributed by atoms with Crippen molar-refractivity contribution in [3.63, 3.8) is 0 Å². The minimum atomic E-state index is 0.0369. The van der Waals surface area contributed by atoms with Gasteiger partial charge in [0.05, 0.1) is 0 Å². The second-order valence-corrected chi connectivity index (χ2v) is 7.86. The van der Waals surface area contributed by atoms with E-state index in [1.165, 1.54) is 38.9 Å². The third-order valence-corrected chi connectivity index (χ3v) is 5.52. The number of fused-ring (bicyclic) bond motifs is 3. The lowest BCUT2D eigenvalue weighted by atomic mass is 9.81. The Labute approximate surface area is 146 Å². The van der Waals surface area contributed by atoms with Crippen LogP contribution in [0.15, 0.2) is 65.1 Å². The molecule has 0 spiro atoms. The molecule has 0 aromatic heterocycles. The minimum absolute atomic E-state index is 0.0369. The first-order valence-corrected chi connectivity index (χ1v) is 8.78. The molecule has 1 aliphatic carbocycles. The van der Waals surface area contributed by atoms with Gasteiger partial charge in [-0.05, 0) is 58.5 Å². The van der Waals surface area contributed by atoms with E-state index in [0.717, 1.165) is 4.47 Å². The van der Waals surface area contributed by atoms with Crippen LogP contribution >= 0.6 is 15.9 Å². The summed E-state index contributed by atoms with van der Waals surface area (Å²) in [6.07, 6.45) is 0.